The van der Waals surface area contributed by atoms with E-state index in [1.165, 1.54) is 10.9 Å². The van der Waals surface area contributed by atoms with Crippen molar-refractivity contribution < 1.29 is 13.2 Å². The highest BCUT2D eigenvalue weighted by molar-refractivity contribution is 7.91. The number of aryl methyl sites for hydroxylation is 1. The zero-order valence-electron chi connectivity index (χ0n) is 9.38. The molecule has 0 bridgehead atoms. The maximum absolute atomic E-state index is 11.8. The van der Waals surface area contributed by atoms with Crippen LogP contribution in [0.2, 0.25) is 0 Å². The smallest absolute Gasteiger partial charge is 0.274 e. The molecule has 0 aromatic carbocycles. The molecule has 2 heterocycles. The molecule has 1 atom stereocenters. The molecule has 0 saturated carbocycles. The van der Waals surface area contributed by atoms with Crippen LogP contribution < -0.4 is 11.1 Å². The van der Waals surface area contributed by atoms with Crippen molar-refractivity contribution in [3.05, 3.63) is 11.9 Å². The van der Waals surface area contributed by atoms with Crippen LogP contribution in [-0.4, -0.2) is 41.7 Å². The van der Waals surface area contributed by atoms with Crippen LogP contribution >= 0.6 is 0 Å². The maximum atomic E-state index is 11.8. The summed E-state index contributed by atoms with van der Waals surface area (Å²) in [4.78, 5) is 11.8. The van der Waals surface area contributed by atoms with Crippen LogP contribution in [-0.2, 0) is 16.9 Å². The van der Waals surface area contributed by atoms with Crippen molar-refractivity contribution in [1.29, 1.82) is 0 Å². The fourth-order valence-electron chi connectivity index (χ4n) is 1.85. The Bertz CT molecular complexity index is 549. The van der Waals surface area contributed by atoms with E-state index in [2.05, 4.69) is 10.4 Å². The Labute approximate surface area is 98.9 Å². The molecule has 1 aliphatic rings. The van der Waals surface area contributed by atoms with Crippen LogP contribution in [0.1, 0.15) is 16.9 Å². The van der Waals surface area contributed by atoms with Gasteiger partial charge in [0.1, 0.15) is 0 Å². The van der Waals surface area contributed by atoms with Crippen LogP contribution in [0.3, 0.4) is 0 Å². The lowest BCUT2D eigenvalue weighted by atomic mass is 10.2. The van der Waals surface area contributed by atoms with Gasteiger partial charge in [0.25, 0.3) is 5.91 Å². The van der Waals surface area contributed by atoms with Crippen molar-refractivity contribution in [2.45, 2.75) is 12.5 Å². The van der Waals surface area contributed by atoms with Gasteiger partial charge in [0, 0.05) is 19.3 Å². The first-order valence-corrected chi connectivity index (χ1v) is 7.00. The molecule has 1 saturated heterocycles. The first kappa shape index (κ1) is 11.9. The summed E-state index contributed by atoms with van der Waals surface area (Å²) in [5, 5.41) is 6.55. The summed E-state index contributed by atoms with van der Waals surface area (Å²) in [6, 6.07) is -0.339. The Balaban J connectivity index is 2.06. The molecule has 1 fully saturated rings. The molecule has 1 aromatic heterocycles. The summed E-state index contributed by atoms with van der Waals surface area (Å²) in [5.41, 5.74) is 6.03. The largest absolute Gasteiger partial charge is 0.396 e. The number of carbonyl (C=O) groups is 1. The summed E-state index contributed by atoms with van der Waals surface area (Å²) in [7, 11) is -1.34. The minimum atomic E-state index is -3.00. The van der Waals surface area contributed by atoms with Crippen molar-refractivity contribution in [1.82, 2.24) is 15.1 Å². The molecule has 94 valence electrons. The molecule has 0 aliphatic carbocycles. The van der Waals surface area contributed by atoms with Gasteiger partial charge >= 0.3 is 0 Å². The quantitative estimate of drug-likeness (QED) is 0.701. The Morgan fingerprint density at radius 3 is 2.82 bits per heavy atom. The third kappa shape index (κ3) is 2.57. The number of aromatic nitrogens is 2. The molecule has 17 heavy (non-hydrogen) atoms. The van der Waals surface area contributed by atoms with Gasteiger partial charge < -0.3 is 11.1 Å². The Hall–Kier alpha value is -1.57. The molecule has 2 rings (SSSR count). The second-order valence-electron chi connectivity index (χ2n) is 4.18. The number of nitrogens with two attached hydrogens (primary N) is 1. The van der Waals surface area contributed by atoms with Gasteiger partial charge in [0.2, 0.25) is 0 Å². The van der Waals surface area contributed by atoms with Crippen molar-refractivity contribution in [3.63, 3.8) is 0 Å². The number of nitrogens with zero attached hydrogens (tertiary/aromatic N) is 2. The SMILES string of the molecule is Cn1cc(N)c(C(=O)NC2CCS(=O)(=O)C2)n1. The van der Waals surface area contributed by atoms with Gasteiger partial charge in [-0.15, -0.1) is 0 Å². The highest BCUT2D eigenvalue weighted by Crippen LogP contribution is 2.13. The summed E-state index contributed by atoms with van der Waals surface area (Å²) < 4.78 is 23.9. The van der Waals surface area contributed by atoms with E-state index in [1.54, 1.807) is 7.05 Å². The van der Waals surface area contributed by atoms with E-state index in [0.717, 1.165) is 0 Å². The Morgan fingerprint density at radius 1 is 1.65 bits per heavy atom. The van der Waals surface area contributed by atoms with Gasteiger partial charge in [-0.25, -0.2) is 8.42 Å². The molecule has 7 nitrogen and oxygen atoms in total. The van der Waals surface area contributed by atoms with Gasteiger partial charge in [0.15, 0.2) is 15.5 Å². The number of nitrogens with one attached hydrogen (secondary N) is 1. The van der Waals surface area contributed by atoms with Gasteiger partial charge in [0.05, 0.1) is 17.2 Å². The number of hydrogen-bond donors (Lipinski definition) is 2. The minimum Gasteiger partial charge on any atom is -0.396 e. The molecular formula is C9H14N4O3S. The third-order valence-corrected chi connectivity index (χ3v) is 4.41. The van der Waals surface area contributed by atoms with E-state index in [9.17, 15) is 13.2 Å². The predicted octanol–water partition coefficient (Wildman–Crippen LogP) is -1.08. The zero-order valence-corrected chi connectivity index (χ0v) is 10.2. The van der Waals surface area contributed by atoms with Crippen LogP contribution in [0.15, 0.2) is 6.20 Å². The standard InChI is InChI=1S/C9H14N4O3S/c1-13-4-7(10)8(12-13)9(14)11-6-2-3-17(15,16)5-6/h4,6H,2-3,5,10H2,1H3,(H,11,14). The number of sulfone groups is 1. The molecule has 0 spiro atoms. The molecule has 1 amide bonds. The van der Waals surface area contributed by atoms with Gasteiger partial charge in [-0.05, 0) is 6.42 Å². The number of anilines is 1. The molecular weight excluding hydrogens is 244 g/mol. The topological polar surface area (TPSA) is 107 Å². The van der Waals surface area contributed by atoms with E-state index in [1.807, 2.05) is 0 Å². The number of carbonyl (C=O) groups excluding carboxylic acids is 1. The molecule has 1 aromatic rings. The van der Waals surface area contributed by atoms with E-state index in [-0.39, 0.29) is 28.9 Å². The molecule has 1 unspecified atom stereocenters. The van der Waals surface area contributed by atoms with E-state index >= 15 is 0 Å². The average molecular weight is 258 g/mol. The maximum Gasteiger partial charge on any atom is 0.274 e. The van der Waals surface area contributed by atoms with Gasteiger partial charge in [-0.3, -0.25) is 9.48 Å². The predicted molar refractivity (Wildman–Crippen MR) is 62.1 cm³/mol. The lowest BCUT2D eigenvalue weighted by molar-refractivity contribution is 0.0936. The van der Waals surface area contributed by atoms with Crippen LogP contribution in [0.5, 0.6) is 0 Å². The third-order valence-electron chi connectivity index (χ3n) is 2.64. The van der Waals surface area contributed by atoms with E-state index in [0.29, 0.717) is 6.42 Å². The zero-order chi connectivity index (χ0) is 12.6. The fourth-order valence-corrected chi connectivity index (χ4v) is 3.52. The highest BCUT2D eigenvalue weighted by atomic mass is 32.2. The summed E-state index contributed by atoms with van der Waals surface area (Å²) in [6.45, 7) is 0. The van der Waals surface area contributed by atoms with Crippen molar-refractivity contribution in [2.24, 2.45) is 7.05 Å². The van der Waals surface area contributed by atoms with Crippen LogP contribution in [0.4, 0.5) is 5.69 Å². The number of nitrogen functional groups attached to an aromatic ring is 1. The fraction of sp³-hybridized carbons (Fsp3) is 0.556. The molecule has 8 heteroatoms. The van der Waals surface area contributed by atoms with Crippen molar-refractivity contribution in [2.75, 3.05) is 17.2 Å². The van der Waals surface area contributed by atoms with Crippen molar-refractivity contribution in [3.8, 4) is 0 Å². The molecule has 0 radical (unpaired) electrons. The first-order valence-electron chi connectivity index (χ1n) is 5.18. The van der Waals surface area contributed by atoms with Crippen LogP contribution in [0.25, 0.3) is 0 Å². The Morgan fingerprint density at radius 2 is 2.35 bits per heavy atom. The first-order chi connectivity index (χ1) is 7.87. The molecule has 3 N–H and O–H groups in total. The molecule has 1 aliphatic heterocycles. The average Bonchev–Trinajstić information content (AvgIpc) is 2.69. The summed E-state index contributed by atoms with van der Waals surface area (Å²) >= 11 is 0. The van der Waals surface area contributed by atoms with E-state index < -0.39 is 15.7 Å². The normalized spacial score (nSPS) is 22.5. The van der Waals surface area contributed by atoms with Crippen molar-refractivity contribution >= 4 is 21.4 Å². The lowest BCUT2D eigenvalue weighted by Crippen LogP contribution is -2.36. The highest BCUT2D eigenvalue weighted by Gasteiger charge is 2.30. The monoisotopic (exact) mass is 258 g/mol. The van der Waals surface area contributed by atoms with Crippen LogP contribution in [0, 0.1) is 0 Å². The van der Waals surface area contributed by atoms with Gasteiger partial charge in [-0.1, -0.05) is 0 Å². The summed E-state index contributed by atoms with van der Waals surface area (Å²) in [6.07, 6.45) is 1.97. The number of hydrogen-bond acceptors (Lipinski definition) is 5. The van der Waals surface area contributed by atoms with E-state index in [4.69, 9.17) is 5.73 Å². The second-order valence-corrected chi connectivity index (χ2v) is 6.41. The Kier molecular flexibility index (Phi) is 2.82. The summed E-state index contributed by atoms with van der Waals surface area (Å²) in [5.74, 6) is -0.314. The number of amides is 1. The van der Waals surface area contributed by atoms with Gasteiger partial charge in [-0.2, -0.15) is 5.10 Å². The number of rotatable bonds is 2. The second kappa shape index (κ2) is 4.02. The minimum absolute atomic E-state index is 0.00845. The lowest BCUT2D eigenvalue weighted by Gasteiger charge is -2.09.